The van der Waals surface area contributed by atoms with Gasteiger partial charge in [0.1, 0.15) is 0 Å². The van der Waals surface area contributed by atoms with E-state index in [1.165, 1.54) is 10.4 Å². The van der Waals surface area contributed by atoms with Gasteiger partial charge in [-0.3, -0.25) is 9.69 Å². The fraction of sp³-hybridized carbons (Fsp3) is 0.346. The number of nitrogens with one attached hydrogen (secondary N) is 2. The van der Waals surface area contributed by atoms with Gasteiger partial charge in [-0.1, -0.05) is 48.5 Å². The topological polar surface area (TPSA) is 77.6 Å². The third kappa shape index (κ3) is 5.46. The van der Waals surface area contributed by atoms with Crippen LogP contribution in [-0.2, 0) is 24.3 Å². The molecule has 3 heterocycles. The van der Waals surface area contributed by atoms with E-state index in [1.54, 1.807) is 16.2 Å². The zero-order valence-corrected chi connectivity index (χ0v) is 19.9. The van der Waals surface area contributed by atoms with Crippen molar-refractivity contribution in [2.75, 3.05) is 30.3 Å². The van der Waals surface area contributed by atoms with Crippen molar-refractivity contribution in [1.82, 2.24) is 14.8 Å². The van der Waals surface area contributed by atoms with E-state index in [9.17, 15) is 9.59 Å². The molecule has 7 nitrogen and oxygen atoms in total. The highest BCUT2D eigenvalue weighted by Gasteiger charge is 2.29. The van der Waals surface area contributed by atoms with E-state index in [4.69, 9.17) is 4.98 Å². The number of thiazole rings is 1. The van der Waals surface area contributed by atoms with Crippen LogP contribution in [0.4, 0.5) is 15.6 Å². The van der Waals surface area contributed by atoms with Crippen molar-refractivity contribution in [1.29, 1.82) is 0 Å². The van der Waals surface area contributed by atoms with Crippen LogP contribution in [0.5, 0.6) is 0 Å². The molecule has 0 aliphatic carbocycles. The standard InChI is InChI=1S/C26H29N5O2S/c32-24(20-11-15-31(16-12-20)26(33)27-21-9-5-2-6-10-21)29-25-28-22-13-14-30(18-23(22)34-25)17-19-7-3-1-4-8-19/h1-10,20H,11-18H2,(H,27,33)(H,28,29,32). The molecule has 0 saturated carbocycles. The van der Waals surface area contributed by atoms with Crippen molar-refractivity contribution in [3.05, 3.63) is 76.8 Å². The van der Waals surface area contributed by atoms with Crippen LogP contribution in [0.1, 0.15) is 29.0 Å². The molecular weight excluding hydrogens is 446 g/mol. The normalized spacial score (nSPS) is 16.6. The van der Waals surface area contributed by atoms with Crippen LogP contribution >= 0.6 is 11.3 Å². The number of hydrogen-bond acceptors (Lipinski definition) is 5. The number of urea groups is 1. The Labute approximate surface area is 203 Å². The minimum atomic E-state index is -0.113. The van der Waals surface area contributed by atoms with E-state index < -0.39 is 0 Å². The summed E-state index contributed by atoms with van der Waals surface area (Å²) in [4.78, 5) is 35.5. The third-order valence-corrected chi connectivity index (χ3v) is 7.47. The van der Waals surface area contributed by atoms with Crippen molar-refractivity contribution in [3.8, 4) is 0 Å². The van der Waals surface area contributed by atoms with Crippen LogP contribution in [0.3, 0.4) is 0 Å². The Hall–Kier alpha value is -3.23. The van der Waals surface area contributed by atoms with Gasteiger partial charge in [0.2, 0.25) is 5.91 Å². The average molecular weight is 476 g/mol. The molecule has 0 bridgehead atoms. The Bertz CT molecular complexity index is 1130. The molecule has 0 spiro atoms. The van der Waals surface area contributed by atoms with Gasteiger partial charge in [-0.05, 0) is 30.5 Å². The molecule has 8 heteroatoms. The van der Waals surface area contributed by atoms with Crippen molar-refractivity contribution in [2.45, 2.75) is 32.4 Å². The number of aromatic nitrogens is 1. The molecule has 2 aliphatic heterocycles. The Balaban J connectivity index is 1.11. The first kappa shape index (κ1) is 22.6. The van der Waals surface area contributed by atoms with Crippen molar-refractivity contribution >= 4 is 34.1 Å². The summed E-state index contributed by atoms with van der Waals surface area (Å²) in [7, 11) is 0. The number of carbonyl (C=O) groups is 2. The van der Waals surface area contributed by atoms with Gasteiger partial charge in [0.15, 0.2) is 5.13 Å². The smallest absolute Gasteiger partial charge is 0.321 e. The van der Waals surface area contributed by atoms with Crippen LogP contribution < -0.4 is 10.6 Å². The Morgan fingerprint density at radius 1 is 0.941 bits per heavy atom. The quantitative estimate of drug-likeness (QED) is 0.566. The molecule has 1 saturated heterocycles. The lowest BCUT2D eigenvalue weighted by molar-refractivity contribution is -0.121. The van der Waals surface area contributed by atoms with Crippen molar-refractivity contribution in [3.63, 3.8) is 0 Å². The van der Waals surface area contributed by atoms with Gasteiger partial charge < -0.3 is 15.5 Å². The predicted octanol–water partition coefficient (Wildman–Crippen LogP) is 4.58. The lowest BCUT2D eigenvalue weighted by atomic mass is 9.96. The largest absolute Gasteiger partial charge is 0.324 e. The third-order valence-electron chi connectivity index (χ3n) is 6.47. The number of para-hydroxylation sites is 1. The summed E-state index contributed by atoms with van der Waals surface area (Å²) in [5.41, 5.74) is 3.20. The SMILES string of the molecule is O=C(Nc1nc2c(s1)CN(Cc1ccccc1)CC2)C1CCN(C(=O)Nc2ccccc2)CC1. The Morgan fingerprint density at radius 3 is 2.38 bits per heavy atom. The van der Waals surface area contributed by atoms with Gasteiger partial charge in [0.25, 0.3) is 0 Å². The highest BCUT2D eigenvalue weighted by molar-refractivity contribution is 7.15. The summed E-state index contributed by atoms with van der Waals surface area (Å²) < 4.78 is 0. The van der Waals surface area contributed by atoms with Crippen LogP contribution in [0.2, 0.25) is 0 Å². The molecule has 0 unspecified atom stereocenters. The molecule has 1 fully saturated rings. The monoisotopic (exact) mass is 475 g/mol. The average Bonchev–Trinajstić information content (AvgIpc) is 3.27. The molecule has 176 valence electrons. The molecule has 2 aromatic carbocycles. The van der Waals surface area contributed by atoms with Gasteiger partial charge in [-0.2, -0.15) is 0 Å². The first-order valence-corrected chi connectivity index (χ1v) is 12.6. The lowest BCUT2D eigenvalue weighted by Gasteiger charge is -2.31. The number of rotatable bonds is 5. The second-order valence-corrected chi connectivity index (χ2v) is 9.97. The fourth-order valence-corrected chi connectivity index (χ4v) is 5.61. The van der Waals surface area contributed by atoms with E-state index >= 15 is 0 Å². The zero-order valence-electron chi connectivity index (χ0n) is 19.1. The number of fused-ring (bicyclic) bond motifs is 1. The van der Waals surface area contributed by atoms with Gasteiger partial charge in [0.05, 0.1) is 5.69 Å². The summed E-state index contributed by atoms with van der Waals surface area (Å²) in [5.74, 6) is -0.0911. The maximum atomic E-state index is 12.9. The van der Waals surface area contributed by atoms with E-state index in [2.05, 4.69) is 39.8 Å². The zero-order chi connectivity index (χ0) is 23.3. The van der Waals surface area contributed by atoms with Gasteiger partial charge in [-0.15, -0.1) is 11.3 Å². The molecule has 0 radical (unpaired) electrons. The van der Waals surface area contributed by atoms with Gasteiger partial charge >= 0.3 is 6.03 Å². The molecule has 0 atom stereocenters. The number of piperidine rings is 1. The minimum absolute atomic E-state index is 0.00959. The molecule has 34 heavy (non-hydrogen) atoms. The van der Waals surface area contributed by atoms with Gasteiger partial charge in [0, 0.05) is 55.6 Å². The summed E-state index contributed by atoms with van der Waals surface area (Å²) in [5, 5.41) is 6.66. The van der Waals surface area contributed by atoms with Crippen LogP contribution in [-0.4, -0.2) is 46.4 Å². The van der Waals surface area contributed by atoms with E-state index in [-0.39, 0.29) is 17.9 Å². The lowest BCUT2D eigenvalue weighted by Crippen LogP contribution is -2.43. The molecule has 2 aliphatic rings. The maximum absolute atomic E-state index is 12.9. The second kappa shape index (κ2) is 10.4. The highest BCUT2D eigenvalue weighted by Crippen LogP contribution is 2.30. The number of benzene rings is 2. The van der Waals surface area contributed by atoms with Crippen LogP contribution in [0.25, 0.3) is 0 Å². The summed E-state index contributed by atoms with van der Waals surface area (Å²) in [6, 6.07) is 19.8. The van der Waals surface area contributed by atoms with E-state index in [0.29, 0.717) is 31.1 Å². The first-order valence-electron chi connectivity index (χ1n) is 11.8. The van der Waals surface area contributed by atoms with E-state index in [1.807, 2.05) is 36.4 Å². The summed E-state index contributed by atoms with van der Waals surface area (Å²) in [6.07, 6.45) is 2.22. The summed E-state index contributed by atoms with van der Waals surface area (Å²) in [6.45, 7) is 3.91. The first-order chi connectivity index (χ1) is 16.6. The van der Waals surface area contributed by atoms with Crippen molar-refractivity contribution in [2.24, 2.45) is 5.92 Å². The number of likely N-dealkylation sites (tertiary alicyclic amines) is 1. The molecule has 3 aromatic rings. The number of anilines is 2. The molecule has 2 N–H and O–H groups in total. The number of amides is 3. The molecule has 3 amide bonds. The second-order valence-electron chi connectivity index (χ2n) is 8.88. The predicted molar refractivity (Wildman–Crippen MR) is 135 cm³/mol. The van der Waals surface area contributed by atoms with Crippen LogP contribution in [0, 0.1) is 5.92 Å². The van der Waals surface area contributed by atoms with Crippen LogP contribution in [0.15, 0.2) is 60.7 Å². The minimum Gasteiger partial charge on any atom is -0.324 e. The number of carbonyl (C=O) groups excluding carboxylic acids is 2. The number of nitrogens with zero attached hydrogens (tertiary/aromatic N) is 3. The summed E-state index contributed by atoms with van der Waals surface area (Å²) >= 11 is 1.59. The van der Waals surface area contributed by atoms with Gasteiger partial charge in [-0.25, -0.2) is 9.78 Å². The maximum Gasteiger partial charge on any atom is 0.321 e. The fourth-order valence-electron chi connectivity index (χ4n) is 4.55. The molecule has 1 aromatic heterocycles. The number of hydrogen-bond donors (Lipinski definition) is 2. The molecule has 5 rings (SSSR count). The Kier molecular flexibility index (Phi) is 6.87. The highest BCUT2D eigenvalue weighted by atomic mass is 32.1. The Morgan fingerprint density at radius 2 is 1.65 bits per heavy atom. The molecular formula is C26H29N5O2S. The van der Waals surface area contributed by atoms with E-state index in [0.717, 1.165) is 37.4 Å². The van der Waals surface area contributed by atoms with Crippen molar-refractivity contribution < 1.29 is 9.59 Å².